The minimum atomic E-state index is 0.0263. The van der Waals surface area contributed by atoms with E-state index in [-0.39, 0.29) is 24.5 Å². The van der Waals surface area contributed by atoms with Gasteiger partial charge in [-0.25, -0.2) is 0 Å². The van der Waals surface area contributed by atoms with Crippen molar-refractivity contribution in [2.24, 2.45) is 11.7 Å². The molecule has 0 radical (unpaired) electrons. The van der Waals surface area contributed by atoms with E-state index in [2.05, 4.69) is 6.92 Å². The molecule has 1 aliphatic rings. The monoisotopic (exact) mass is 200 g/mol. The fourth-order valence-corrected chi connectivity index (χ4v) is 1.53. The lowest BCUT2D eigenvalue weighted by molar-refractivity contribution is -0.133. The minimum Gasteiger partial charge on any atom is -0.395 e. The minimum absolute atomic E-state index is 0.0263. The first-order chi connectivity index (χ1) is 6.70. The van der Waals surface area contributed by atoms with Crippen LogP contribution in [-0.2, 0) is 4.79 Å². The molecule has 2 atom stereocenters. The Balaban J connectivity index is 2.36. The number of amides is 1. The van der Waals surface area contributed by atoms with Gasteiger partial charge in [0.1, 0.15) is 0 Å². The maximum absolute atomic E-state index is 11.7. The Bertz CT molecular complexity index is 197. The summed E-state index contributed by atoms with van der Waals surface area (Å²) in [6.45, 7) is 3.32. The van der Waals surface area contributed by atoms with Gasteiger partial charge in [0, 0.05) is 19.1 Å². The van der Waals surface area contributed by atoms with Crippen LogP contribution < -0.4 is 5.73 Å². The van der Waals surface area contributed by atoms with Crippen LogP contribution in [0.4, 0.5) is 0 Å². The van der Waals surface area contributed by atoms with Crippen molar-refractivity contribution in [3.05, 3.63) is 0 Å². The zero-order valence-corrected chi connectivity index (χ0v) is 8.78. The van der Waals surface area contributed by atoms with Crippen LogP contribution in [0.25, 0.3) is 0 Å². The number of rotatable bonds is 6. The second-order valence-corrected chi connectivity index (χ2v) is 3.91. The molecule has 1 rings (SSSR count). The zero-order valence-electron chi connectivity index (χ0n) is 8.78. The second-order valence-electron chi connectivity index (χ2n) is 3.91. The molecule has 14 heavy (non-hydrogen) atoms. The van der Waals surface area contributed by atoms with Gasteiger partial charge in [0.15, 0.2) is 0 Å². The molecule has 1 amide bonds. The first-order valence-corrected chi connectivity index (χ1v) is 5.36. The number of carbonyl (C=O) groups excluding carboxylic acids is 1. The molecule has 0 aromatic heterocycles. The van der Waals surface area contributed by atoms with Crippen molar-refractivity contribution < 1.29 is 9.90 Å². The summed E-state index contributed by atoms with van der Waals surface area (Å²) in [4.78, 5) is 13.5. The molecule has 0 heterocycles. The molecule has 1 aliphatic carbocycles. The molecule has 0 aliphatic heterocycles. The molecule has 0 saturated heterocycles. The van der Waals surface area contributed by atoms with Crippen molar-refractivity contribution in [2.75, 3.05) is 19.7 Å². The molecule has 0 spiro atoms. The number of unbranched alkanes of at least 4 members (excludes halogenated alkanes) is 1. The molecule has 4 nitrogen and oxygen atoms in total. The topological polar surface area (TPSA) is 66.6 Å². The standard InChI is InChI=1S/C10H20N2O2/c1-2-3-4-12(5-6-13)10(14)8-7-9(8)11/h8-9,13H,2-7,11H2,1H3. The van der Waals surface area contributed by atoms with Crippen LogP contribution in [0.15, 0.2) is 0 Å². The van der Waals surface area contributed by atoms with Gasteiger partial charge in [-0.1, -0.05) is 13.3 Å². The number of aliphatic hydroxyl groups excluding tert-OH is 1. The Labute approximate surface area is 85.1 Å². The molecule has 1 saturated carbocycles. The van der Waals surface area contributed by atoms with Crippen molar-refractivity contribution in [2.45, 2.75) is 32.2 Å². The van der Waals surface area contributed by atoms with Gasteiger partial charge in [-0.3, -0.25) is 4.79 Å². The van der Waals surface area contributed by atoms with E-state index in [9.17, 15) is 4.79 Å². The largest absolute Gasteiger partial charge is 0.395 e. The molecule has 82 valence electrons. The molecule has 1 fully saturated rings. The van der Waals surface area contributed by atoms with E-state index in [1.54, 1.807) is 4.90 Å². The summed E-state index contributed by atoms with van der Waals surface area (Å²) >= 11 is 0. The van der Waals surface area contributed by atoms with E-state index < -0.39 is 0 Å². The lowest BCUT2D eigenvalue weighted by Gasteiger charge is -2.21. The normalized spacial score (nSPS) is 24.8. The van der Waals surface area contributed by atoms with Gasteiger partial charge in [0.25, 0.3) is 0 Å². The average molecular weight is 200 g/mol. The van der Waals surface area contributed by atoms with Gasteiger partial charge in [-0.15, -0.1) is 0 Å². The third kappa shape index (κ3) is 2.96. The van der Waals surface area contributed by atoms with Gasteiger partial charge in [0.2, 0.25) is 5.91 Å². The zero-order chi connectivity index (χ0) is 10.6. The third-order valence-electron chi connectivity index (χ3n) is 2.62. The number of aliphatic hydroxyl groups is 1. The highest BCUT2D eigenvalue weighted by Crippen LogP contribution is 2.29. The van der Waals surface area contributed by atoms with E-state index in [4.69, 9.17) is 10.8 Å². The van der Waals surface area contributed by atoms with E-state index in [0.717, 1.165) is 25.8 Å². The quantitative estimate of drug-likeness (QED) is 0.632. The van der Waals surface area contributed by atoms with Crippen molar-refractivity contribution >= 4 is 5.91 Å². The lowest BCUT2D eigenvalue weighted by Crippen LogP contribution is -2.36. The molecule has 0 bridgehead atoms. The first-order valence-electron chi connectivity index (χ1n) is 5.36. The fourth-order valence-electron chi connectivity index (χ4n) is 1.53. The van der Waals surface area contributed by atoms with Crippen molar-refractivity contribution in [3.63, 3.8) is 0 Å². The highest BCUT2D eigenvalue weighted by Gasteiger charge is 2.41. The number of nitrogens with two attached hydrogens (primary N) is 1. The molecule has 2 unspecified atom stereocenters. The van der Waals surface area contributed by atoms with Gasteiger partial charge in [0.05, 0.1) is 12.5 Å². The third-order valence-corrected chi connectivity index (χ3v) is 2.62. The molecule has 4 heteroatoms. The number of hydrogen-bond donors (Lipinski definition) is 2. The predicted octanol–water partition coefficient (Wildman–Crippen LogP) is -0.0454. The fraction of sp³-hybridized carbons (Fsp3) is 0.900. The smallest absolute Gasteiger partial charge is 0.227 e. The predicted molar refractivity (Wildman–Crippen MR) is 54.7 cm³/mol. The highest BCUT2D eigenvalue weighted by atomic mass is 16.3. The van der Waals surface area contributed by atoms with Crippen LogP contribution in [0.3, 0.4) is 0 Å². The summed E-state index contributed by atoms with van der Waals surface area (Å²) in [5.74, 6) is 0.151. The van der Waals surface area contributed by atoms with Crippen LogP contribution in [0.1, 0.15) is 26.2 Å². The maximum atomic E-state index is 11.7. The first kappa shape index (κ1) is 11.5. The molecule has 0 aromatic carbocycles. The average Bonchev–Trinajstić information content (AvgIpc) is 2.89. The number of nitrogens with zero attached hydrogens (tertiary/aromatic N) is 1. The molecule has 0 aromatic rings. The van der Waals surface area contributed by atoms with Gasteiger partial charge in [-0.2, -0.15) is 0 Å². The summed E-state index contributed by atoms with van der Waals surface area (Å²) in [5, 5.41) is 8.83. The highest BCUT2D eigenvalue weighted by molar-refractivity contribution is 5.82. The van der Waals surface area contributed by atoms with Crippen LogP contribution in [0.2, 0.25) is 0 Å². The van der Waals surface area contributed by atoms with Crippen LogP contribution in [0.5, 0.6) is 0 Å². The Kier molecular flexibility index (Phi) is 4.35. The Hall–Kier alpha value is -0.610. The summed E-state index contributed by atoms with van der Waals surface area (Å²) < 4.78 is 0. The van der Waals surface area contributed by atoms with Crippen molar-refractivity contribution in [3.8, 4) is 0 Å². The Morgan fingerprint density at radius 3 is 2.64 bits per heavy atom. The summed E-state index contributed by atoms with van der Waals surface area (Å²) in [6.07, 6.45) is 2.87. The van der Waals surface area contributed by atoms with Gasteiger partial charge >= 0.3 is 0 Å². The maximum Gasteiger partial charge on any atom is 0.227 e. The summed E-state index contributed by atoms with van der Waals surface area (Å²) in [7, 11) is 0. The van der Waals surface area contributed by atoms with Crippen LogP contribution in [-0.4, -0.2) is 41.7 Å². The van der Waals surface area contributed by atoms with Gasteiger partial charge in [-0.05, 0) is 12.8 Å². The van der Waals surface area contributed by atoms with E-state index in [1.807, 2.05) is 0 Å². The SMILES string of the molecule is CCCCN(CCO)C(=O)C1CC1N. The second kappa shape index (κ2) is 5.32. The van der Waals surface area contributed by atoms with E-state index >= 15 is 0 Å². The van der Waals surface area contributed by atoms with Crippen LogP contribution in [0, 0.1) is 5.92 Å². The van der Waals surface area contributed by atoms with E-state index in [1.165, 1.54) is 0 Å². The summed E-state index contributed by atoms with van der Waals surface area (Å²) in [5.41, 5.74) is 5.62. The van der Waals surface area contributed by atoms with Gasteiger partial charge < -0.3 is 15.7 Å². The molecule has 3 N–H and O–H groups in total. The number of hydrogen-bond acceptors (Lipinski definition) is 3. The molecular weight excluding hydrogens is 180 g/mol. The summed E-state index contributed by atoms with van der Waals surface area (Å²) in [6, 6.07) is 0.0605. The van der Waals surface area contributed by atoms with E-state index in [0.29, 0.717) is 6.54 Å². The lowest BCUT2D eigenvalue weighted by atomic mass is 10.2. The molecular formula is C10H20N2O2. The van der Waals surface area contributed by atoms with Crippen LogP contribution >= 0.6 is 0 Å². The number of carbonyl (C=O) groups is 1. The Morgan fingerprint density at radius 2 is 2.21 bits per heavy atom. The Morgan fingerprint density at radius 1 is 1.57 bits per heavy atom. The van der Waals surface area contributed by atoms with Crippen molar-refractivity contribution in [1.82, 2.24) is 4.90 Å². The van der Waals surface area contributed by atoms with Crippen molar-refractivity contribution in [1.29, 1.82) is 0 Å².